The number of aliphatic imine (C=N–C) groups is 1. The molecule has 0 amide bonds. The third-order valence-electron chi connectivity index (χ3n) is 4.05. The van der Waals surface area contributed by atoms with E-state index in [9.17, 15) is 0 Å². The SMILES string of the molecule is CN=C(NCCc1cccc(Cl)c1)NCc1ccc(OC)c(OC)c1OC.I. The Balaban J connectivity index is 0.00000392. The predicted octanol–water partition coefficient (Wildman–Crippen LogP) is 3.89. The third-order valence-corrected chi connectivity index (χ3v) is 4.29. The Labute approximate surface area is 188 Å². The molecule has 154 valence electrons. The summed E-state index contributed by atoms with van der Waals surface area (Å²) < 4.78 is 16.2. The fourth-order valence-electron chi connectivity index (χ4n) is 2.72. The van der Waals surface area contributed by atoms with Gasteiger partial charge in [0.15, 0.2) is 17.5 Å². The molecule has 0 spiro atoms. The minimum absolute atomic E-state index is 0. The van der Waals surface area contributed by atoms with E-state index in [0.29, 0.717) is 29.8 Å². The van der Waals surface area contributed by atoms with E-state index in [2.05, 4.69) is 21.7 Å². The van der Waals surface area contributed by atoms with Crippen molar-refractivity contribution in [2.24, 2.45) is 4.99 Å². The zero-order valence-corrected chi connectivity index (χ0v) is 19.6. The quantitative estimate of drug-likeness (QED) is 0.315. The summed E-state index contributed by atoms with van der Waals surface area (Å²) in [5.74, 6) is 2.54. The Morgan fingerprint density at radius 2 is 1.75 bits per heavy atom. The highest BCUT2D eigenvalue weighted by Crippen LogP contribution is 2.39. The van der Waals surface area contributed by atoms with Crippen LogP contribution >= 0.6 is 35.6 Å². The van der Waals surface area contributed by atoms with Crippen LogP contribution in [0.25, 0.3) is 0 Å². The summed E-state index contributed by atoms with van der Waals surface area (Å²) in [5.41, 5.74) is 2.11. The monoisotopic (exact) mass is 519 g/mol. The van der Waals surface area contributed by atoms with Gasteiger partial charge >= 0.3 is 0 Å². The molecule has 0 aliphatic carbocycles. The number of methoxy groups -OCH3 is 3. The number of halogens is 2. The standard InChI is InChI=1S/C20H26ClN3O3.HI/c1-22-20(23-11-10-14-6-5-7-16(21)12-14)24-13-15-8-9-17(25-2)19(27-4)18(15)26-3;/h5-9,12H,10-11,13H2,1-4H3,(H2,22,23,24);1H. The fourth-order valence-corrected chi connectivity index (χ4v) is 2.93. The first-order chi connectivity index (χ1) is 13.1. The molecule has 0 aliphatic rings. The van der Waals surface area contributed by atoms with Crippen LogP contribution in [0.2, 0.25) is 5.02 Å². The van der Waals surface area contributed by atoms with Crippen molar-refractivity contribution in [2.45, 2.75) is 13.0 Å². The second-order valence-corrected chi connectivity index (χ2v) is 6.16. The van der Waals surface area contributed by atoms with Gasteiger partial charge in [0.05, 0.1) is 21.3 Å². The second-order valence-electron chi connectivity index (χ2n) is 5.73. The van der Waals surface area contributed by atoms with E-state index >= 15 is 0 Å². The molecule has 0 unspecified atom stereocenters. The van der Waals surface area contributed by atoms with Gasteiger partial charge in [-0.1, -0.05) is 23.7 Å². The van der Waals surface area contributed by atoms with E-state index in [-0.39, 0.29) is 24.0 Å². The van der Waals surface area contributed by atoms with Crippen molar-refractivity contribution in [2.75, 3.05) is 34.9 Å². The first-order valence-electron chi connectivity index (χ1n) is 8.59. The zero-order valence-electron chi connectivity index (χ0n) is 16.5. The molecule has 2 aromatic carbocycles. The van der Waals surface area contributed by atoms with Gasteiger partial charge < -0.3 is 24.8 Å². The molecule has 0 saturated carbocycles. The number of nitrogens with one attached hydrogen (secondary N) is 2. The highest BCUT2D eigenvalue weighted by atomic mass is 127. The van der Waals surface area contributed by atoms with Crippen LogP contribution in [0.4, 0.5) is 0 Å². The van der Waals surface area contributed by atoms with Crippen LogP contribution < -0.4 is 24.8 Å². The Kier molecular flexibility index (Phi) is 10.8. The number of guanidine groups is 1. The molecule has 0 aliphatic heterocycles. The molecule has 6 nitrogen and oxygen atoms in total. The zero-order chi connectivity index (χ0) is 19.6. The van der Waals surface area contributed by atoms with E-state index in [4.69, 9.17) is 25.8 Å². The topological polar surface area (TPSA) is 64.1 Å². The van der Waals surface area contributed by atoms with Crippen molar-refractivity contribution in [3.63, 3.8) is 0 Å². The van der Waals surface area contributed by atoms with Gasteiger partial charge in [-0.2, -0.15) is 0 Å². The molecule has 2 rings (SSSR count). The molecule has 28 heavy (non-hydrogen) atoms. The number of nitrogens with zero attached hydrogens (tertiary/aromatic N) is 1. The van der Waals surface area contributed by atoms with Gasteiger partial charge in [-0.3, -0.25) is 4.99 Å². The number of hydrogen-bond donors (Lipinski definition) is 2. The fraction of sp³-hybridized carbons (Fsp3) is 0.350. The predicted molar refractivity (Wildman–Crippen MR) is 125 cm³/mol. The number of benzene rings is 2. The van der Waals surface area contributed by atoms with Crippen molar-refractivity contribution >= 4 is 41.5 Å². The number of hydrogen-bond acceptors (Lipinski definition) is 4. The summed E-state index contributed by atoms with van der Waals surface area (Å²) in [5, 5.41) is 7.32. The van der Waals surface area contributed by atoms with Crippen LogP contribution in [0.3, 0.4) is 0 Å². The molecule has 2 N–H and O–H groups in total. The van der Waals surface area contributed by atoms with Crippen LogP contribution in [0.15, 0.2) is 41.4 Å². The summed E-state index contributed by atoms with van der Waals surface area (Å²) in [6, 6.07) is 11.6. The highest BCUT2D eigenvalue weighted by molar-refractivity contribution is 14.0. The maximum atomic E-state index is 6.02. The maximum Gasteiger partial charge on any atom is 0.203 e. The number of ether oxygens (including phenoxy) is 3. The molecule has 0 heterocycles. The molecular weight excluding hydrogens is 493 g/mol. The van der Waals surface area contributed by atoms with E-state index < -0.39 is 0 Å². The lowest BCUT2D eigenvalue weighted by Crippen LogP contribution is -2.37. The summed E-state index contributed by atoms with van der Waals surface area (Å²) in [4.78, 5) is 4.26. The van der Waals surface area contributed by atoms with E-state index in [1.54, 1.807) is 28.4 Å². The highest BCUT2D eigenvalue weighted by Gasteiger charge is 2.15. The van der Waals surface area contributed by atoms with Gasteiger partial charge in [-0.25, -0.2) is 0 Å². The van der Waals surface area contributed by atoms with Gasteiger partial charge in [0, 0.05) is 30.7 Å². The number of rotatable bonds is 8. The molecule has 0 radical (unpaired) electrons. The molecule has 0 aromatic heterocycles. The minimum Gasteiger partial charge on any atom is -0.493 e. The Bertz CT molecular complexity index is 787. The summed E-state index contributed by atoms with van der Waals surface area (Å²) in [6.45, 7) is 1.27. The first-order valence-corrected chi connectivity index (χ1v) is 8.97. The normalized spacial score (nSPS) is 10.7. The van der Waals surface area contributed by atoms with Crippen molar-refractivity contribution in [3.8, 4) is 17.2 Å². The van der Waals surface area contributed by atoms with Crippen molar-refractivity contribution in [1.82, 2.24) is 10.6 Å². The van der Waals surface area contributed by atoms with Crippen molar-refractivity contribution in [1.29, 1.82) is 0 Å². The van der Waals surface area contributed by atoms with Crippen LogP contribution in [0, 0.1) is 0 Å². The summed E-state index contributed by atoms with van der Waals surface area (Å²) >= 11 is 6.02. The molecular formula is C20H27ClIN3O3. The molecule has 0 fully saturated rings. The van der Waals surface area contributed by atoms with E-state index in [1.807, 2.05) is 30.3 Å². The molecule has 0 bridgehead atoms. The van der Waals surface area contributed by atoms with Crippen LogP contribution in [-0.4, -0.2) is 40.9 Å². The van der Waals surface area contributed by atoms with Gasteiger partial charge in [0.1, 0.15) is 0 Å². The lowest BCUT2D eigenvalue weighted by atomic mass is 10.1. The van der Waals surface area contributed by atoms with Crippen LogP contribution in [-0.2, 0) is 13.0 Å². The average Bonchev–Trinajstić information content (AvgIpc) is 2.69. The third kappa shape index (κ3) is 6.63. The maximum absolute atomic E-state index is 6.02. The molecule has 0 atom stereocenters. The minimum atomic E-state index is 0. The van der Waals surface area contributed by atoms with Gasteiger partial charge in [-0.05, 0) is 36.2 Å². The van der Waals surface area contributed by atoms with Gasteiger partial charge in [0.25, 0.3) is 0 Å². The summed E-state index contributed by atoms with van der Waals surface area (Å²) in [6.07, 6.45) is 0.848. The Morgan fingerprint density at radius 3 is 2.36 bits per heavy atom. The van der Waals surface area contributed by atoms with E-state index in [0.717, 1.165) is 23.6 Å². The molecule has 8 heteroatoms. The average molecular weight is 520 g/mol. The van der Waals surface area contributed by atoms with Crippen LogP contribution in [0.1, 0.15) is 11.1 Å². The van der Waals surface area contributed by atoms with Crippen molar-refractivity contribution < 1.29 is 14.2 Å². The van der Waals surface area contributed by atoms with Crippen LogP contribution in [0.5, 0.6) is 17.2 Å². The molecule has 2 aromatic rings. The summed E-state index contributed by atoms with van der Waals surface area (Å²) in [7, 11) is 6.54. The van der Waals surface area contributed by atoms with Gasteiger partial charge in [0.2, 0.25) is 5.75 Å². The largest absolute Gasteiger partial charge is 0.493 e. The smallest absolute Gasteiger partial charge is 0.203 e. The lowest BCUT2D eigenvalue weighted by Gasteiger charge is -2.17. The Hall–Kier alpha value is -1.87. The van der Waals surface area contributed by atoms with Gasteiger partial charge in [-0.15, -0.1) is 24.0 Å². The Morgan fingerprint density at radius 1 is 1.00 bits per heavy atom. The van der Waals surface area contributed by atoms with E-state index in [1.165, 1.54) is 5.56 Å². The second kappa shape index (κ2) is 12.6. The molecule has 0 saturated heterocycles. The first kappa shape index (κ1) is 24.2. The van der Waals surface area contributed by atoms with Crippen molar-refractivity contribution in [3.05, 3.63) is 52.5 Å². The lowest BCUT2D eigenvalue weighted by molar-refractivity contribution is 0.322.